The van der Waals surface area contributed by atoms with Crippen LogP contribution in [0.5, 0.6) is 0 Å². The second kappa shape index (κ2) is 11.6. The van der Waals surface area contributed by atoms with E-state index in [2.05, 4.69) is 49.0 Å². The van der Waals surface area contributed by atoms with Crippen molar-refractivity contribution >= 4 is 28.5 Å². The third-order valence-corrected chi connectivity index (χ3v) is 7.37. The highest BCUT2D eigenvalue weighted by Crippen LogP contribution is 2.21. The van der Waals surface area contributed by atoms with Crippen molar-refractivity contribution in [2.45, 2.75) is 13.1 Å². The fraction of sp³-hybridized carbons (Fsp3) is 0.385. The first-order valence-corrected chi connectivity index (χ1v) is 13.1. The molecule has 3 heterocycles. The van der Waals surface area contributed by atoms with E-state index in [-0.39, 0.29) is 17.6 Å². The van der Waals surface area contributed by atoms with Crippen LogP contribution in [0, 0.1) is 0 Å². The fourth-order valence-electron chi connectivity index (χ4n) is 4.64. The molecule has 1 N–H and O–H groups in total. The van der Waals surface area contributed by atoms with Gasteiger partial charge in [-0.1, -0.05) is 65.2 Å². The Balaban J connectivity index is 1.10. The highest BCUT2D eigenvalue weighted by atomic mass is 32.1. The number of nitrogens with one attached hydrogen (secondary N) is 1. The Morgan fingerprint density at radius 3 is 1.75 bits per heavy atom. The first-order valence-electron chi connectivity index (χ1n) is 12.4. The lowest BCUT2D eigenvalue weighted by Gasteiger charge is -2.35. The van der Waals surface area contributed by atoms with E-state index in [0.717, 1.165) is 50.8 Å². The average molecular weight is 506 g/mol. The maximum absolute atomic E-state index is 13.2. The van der Waals surface area contributed by atoms with Crippen LogP contribution in [0.3, 0.4) is 0 Å². The minimum absolute atomic E-state index is 0.175. The van der Waals surface area contributed by atoms with Gasteiger partial charge in [-0.05, 0) is 11.1 Å². The molecule has 5 rings (SSSR count). The number of aromatic nitrogens is 2. The van der Waals surface area contributed by atoms with E-state index in [1.165, 1.54) is 11.1 Å². The molecular weight excluding hydrogens is 474 g/mol. The number of anilines is 1. The molecule has 2 aliphatic heterocycles. The SMILES string of the molecule is O=C(Nc1snnc1C(=O)N1CCN(Cc2ccccc2)CC1)N1CCN(Cc2ccccc2)CC1. The summed E-state index contributed by atoms with van der Waals surface area (Å²) in [6, 6.07) is 20.5. The molecule has 0 saturated carbocycles. The maximum atomic E-state index is 13.2. The molecule has 0 atom stereocenters. The summed E-state index contributed by atoms with van der Waals surface area (Å²) in [7, 11) is 0. The summed E-state index contributed by atoms with van der Waals surface area (Å²) in [4.78, 5) is 34.4. The van der Waals surface area contributed by atoms with Gasteiger partial charge in [0.15, 0.2) is 10.7 Å². The van der Waals surface area contributed by atoms with Gasteiger partial charge in [-0.3, -0.25) is 19.9 Å². The van der Waals surface area contributed by atoms with Gasteiger partial charge in [0.25, 0.3) is 5.91 Å². The molecule has 0 spiro atoms. The Hall–Kier alpha value is -3.34. The van der Waals surface area contributed by atoms with Crippen LogP contribution >= 0.6 is 11.5 Å². The number of hydrogen-bond donors (Lipinski definition) is 1. The quantitative estimate of drug-likeness (QED) is 0.555. The molecule has 2 aliphatic rings. The van der Waals surface area contributed by atoms with Gasteiger partial charge in [0.2, 0.25) is 0 Å². The zero-order chi connectivity index (χ0) is 24.7. The van der Waals surface area contributed by atoms with Crippen LogP contribution in [0.25, 0.3) is 0 Å². The molecule has 3 amide bonds. The lowest BCUT2D eigenvalue weighted by Crippen LogP contribution is -2.50. The summed E-state index contributed by atoms with van der Waals surface area (Å²) in [5.74, 6) is -0.175. The number of carbonyl (C=O) groups is 2. The number of nitrogens with zero attached hydrogens (tertiary/aromatic N) is 6. The number of piperazine rings is 2. The van der Waals surface area contributed by atoms with E-state index in [1.807, 2.05) is 36.4 Å². The van der Waals surface area contributed by atoms with Gasteiger partial charge in [0.1, 0.15) is 0 Å². The van der Waals surface area contributed by atoms with E-state index in [4.69, 9.17) is 0 Å². The summed E-state index contributed by atoms with van der Waals surface area (Å²) in [5.41, 5.74) is 2.77. The first kappa shape index (κ1) is 24.4. The Labute approximate surface area is 215 Å². The van der Waals surface area contributed by atoms with E-state index in [0.29, 0.717) is 31.2 Å². The Bertz CT molecular complexity index is 1140. The van der Waals surface area contributed by atoms with Gasteiger partial charge in [-0.2, -0.15) is 0 Å². The summed E-state index contributed by atoms with van der Waals surface area (Å²) < 4.78 is 3.96. The Kier molecular flexibility index (Phi) is 7.85. The molecule has 36 heavy (non-hydrogen) atoms. The predicted octanol–water partition coefficient (Wildman–Crippen LogP) is 2.85. The summed E-state index contributed by atoms with van der Waals surface area (Å²) >= 11 is 1.05. The molecule has 2 saturated heterocycles. The van der Waals surface area contributed by atoms with E-state index < -0.39 is 0 Å². The van der Waals surface area contributed by atoms with Crippen molar-refractivity contribution in [2.24, 2.45) is 0 Å². The minimum Gasteiger partial charge on any atom is -0.335 e. The van der Waals surface area contributed by atoms with E-state index >= 15 is 0 Å². The average Bonchev–Trinajstić information content (AvgIpc) is 3.38. The van der Waals surface area contributed by atoms with Gasteiger partial charge in [0, 0.05) is 77.0 Å². The molecule has 188 valence electrons. The Morgan fingerprint density at radius 1 is 0.722 bits per heavy atom. The molecule has 0 bridgehead atoms. The van der Waals surface area contributed by atoms with Gasteiger partial charge in [-0.15, -0.1) is 5.10 Å². The number of hydrogen-bond acceptors (Lipinski definition) is 7. The summed E-state index contributed by atoms with van der Waals surface area (Å²) in [6.07, 6.45) is 0. The standard InChI is InChI=1S/C26H31N7O2S/c34-25(32-15-11-30(12-16-32)19-21-7-3-1-4-8-21)23-24(36-29-28-23)27-26(35)33-17-13-31(14-18-33)20-22-9-5-2-6-10-22/h1-10H,11-20H2,(H,27,35). The normalized spacial score (nSPS) is 17.2. The highest BCUT2D eigenvalue weighted by molar-refractivity contribution is 7.10. The largest absolute Gasteiger partial charge is 0.335 e. The van der Waals surface area contributed by atoms with Crippen LogP contribution in [0.4, 0.5) is 9.80 Å². The summed E-state index contributed by atoms with van der Waals surface area (Å²) in [5, 5.41) is 7.37. The van der Waals surface area contributed by atoms with Crippen molar-refractivity contribution in [3.05, 3.63) is 77.5 Å². The van der Waals surface area contributed by atoms with Crippen LogP contribution in [0.1, 0.15) is 21.6 Å². The Morgan fingerprint density at radius 2 is 1.22 bits per heavy atom. The summed E-state index contributed by atoms with van der Waals surface area (Å²) in [6.45, 7) is 7.49. The molecule has 2 fully saturated rings. The molecule has 0 unspecified atom stereocenters. The topological polar surface area (TPSA) is 84.9 Å². The highest BCUT2D eigenvalue weighted by Gasteiger charge is 2.28. The van der Waals surface area contributed by atoms with Crippen LogP contribution in [-0.4, -0.2) is 93.5 Å². The zero-order valence-electron chi connectivity index (χ0n) is 20.3. The molecule has 9 nitrogen and oxygen atoms in total. The zero-order valence-corrected chi connectivity index (χ0v) is 21.1. The van der Waals surface area contributed by atoms with Crippen molar-refractivity contribution in [1.82, 2.24) is 29.2 Å². The number of amides is 3. The van der Waals surface area contributed by atoms with Gasteiger partial charge >= 0.3 is 6.03 Å². The number of carbonyl (C=O) groups excluding carboxylic acids is 2. The molecule has 2 aromatic carbocycles. The van der Waals surface area contributed by atoms with Crippen molar-refractivity contribution in [3.8, 4) is 0 Å². The van der Waals surface area contributed by atoms with Gasteiger partial charge in [-0.25, -0.2) is 4.79 Å². The van der Waals surface area contributed by atoms with Crippen molar-refractivity contribution in [3.63, 3.8) is 0 Å². The third kappa shape index (κ3) is 6.07. The molecule has 10 heteroatoms. The minimum atomic E-state index is -0.206. The number of rotatable bonds is 6. The van der Waals surface area contributed by atoms with Crippen LogP contribution in [0.15, 0.2) is 60.7 Å². The van der Waals surface area contributed by atoms with Crippen LogP contribution in [0.2, 0.25) is 0 Å². The fourth-order valence-corrected chi connectivity index (χ4v) is 5.19. The second-order valence-corrected chi connectivity index (χ2v) is 9.94. The monoisotopic (exact) mass is 505 g/mol. The van der Waals surface area contributed by atoms with Crippen LogP contribution in [-0.2, 0) is 13.1 Å². The smallest absolute Gasteiger partial charge is 0.322 e. The number of benzene rings is 2. The third-order valence-electron chi connectivity index (χ3n) is 6.73. The predicted molar refractivity (Wildman–Crippen MR) is 140 cm³/mol. The maximum Gasteiger partial charge on any atom is 0.322 e. The van der Waals surface area contributed by atoms with E-state index in [1.54, 1.807) is 9.80 Å². The lowest BCUT2D eigenvalue weighted by atomic mass is 10.2. The van der Waals surface area contributed by atoms with Crippen molar-refractivity contribution in [1.29, 1.82) is 0 Å². The molecule has 1 aromatic heterocycles. The van der Waals surface area contributed by atoms with Crippen molar-refractivity contribution < 1.29 is 9.59 Å². The molecule has 0 radical (unpaired) electrons. The number of urea groups is 1. The molecular formula is C26H31N7O2S. The van der Waals surface area contributed by atoms with E-state index in [9.17, 15) is 9.59 Å². The molecule has 3 aromatic rings. The lowest BCUT2D eigenvalue weighted by molar-refractivity contribution is 0.0623. The van der Waals surface area contributed by atoms with Crippen molar-refractivity contribution in [2.75, 3.05) is 57.7 Å². The first-order chi connectivity index (χ1) is 17.7. The second-order valence-electron chi connectivity index (χ2n) is 9.18. The van der Waals surface area contributed by atoms with Crippen LogP contribution < -0.4 is 5.32 Å². The van der Waals surface area contributed by atoms with Gasteiger partial charge < -0.3 is 9.80 Å². The molecule has 0 aliphatic carbocycles. The van der Waals surface area contributed by atoms with Gasteiger partial charge in [0.05, 0.1) is 0 Å².